The number of ether oxygens (including phenoxy) is 2. The van der Waals surface area contributed by atoms with Crippen LogP contribution in [0.4, 0.5) is 5.69 Å². The number of anilines is 1. The zero-order valence-corrected chi connectivity index (χ0v) is 7.16. The molecule has 1 aliphatic heterocycles. The van der Waals surface area contributed by atoms with Gasteiger partial charge in [0.25, 0.3) is 0 Å². The number of carbonyl (C=O) groups is 1. The van der Waals surface area contributed by atoms with Crippen molar-refractivity contribution in [2.75, 3.05) is 12.1 Å². The van der Waals surface area contributed by atoms with E-state index in [9.17, 15) is 4.79 Å². The number of amides is 1. The molecule has 0 aliphatic carbocycles. The number of carbonyl (C=O) groups excluding carboxylic acids is 1. The summed E-state index contributed by atoms with van der Waals surface area (Å²) in [6, 6.07) is 5.38. The molecule has 1 amide bonds. The zero-order chi connectivity index (χ0) is 9.26. The standard InChI is InChI=1S/C9H9NO3/c1-6(11)10-7-3-2-4-8-9(7)13-5-12-8/h2-4H,5H2,1H3,(H,10,11). The highest BCUT2D eigenvalue weighted by molar-refractivity contribution is 5.91. The second-order valence-electron chi connectivity index (χ2n) is 2.72. The van der Waals surface area contributed by atoms with E-state index in [1.165, 1.54) is 6.92 Å². The molecule has 0 spiro atoms. The Labute approximate surface area is 75.5 Å². The molecule has 0 radical (unpaired) electrons. The van der Waals surface area contributed by atoms with Crippen molar-refractivity contribution in [3.8, 4) is 11.5 Å². The Morgan fingerprint density at radius 1 is 1.46 bits per heavy atom. The van der Waals surface area contributed by atoms with Crippen LogP contribution in [-0.2, 0) is 4.79 Å². The van der Waals surface area contributed by atoms with Crippen molar-refractivity contribution in [2.24, 2.45) is 0 Å². The van der Waals surface area contributed by atoms with E-state index in [2.05, 4.69) is 5.32 Å². The normalized spacial score (nSPS) is 12.7. The largest absolute Gasteiger partial charge is 0.454 e. The lowest BCUT2D eigenvalue weighted by Crippen LogP contribution is -2.06. The van der Waals surface area contributed by atoms with Crippen molar-refractivity contribution < 1.29 is 14.3 Å². The van der Waals surface area contributed by atoms with Crippen LogP contribution in [0.3, 0.4) is 0 Å². The van der Waals surface area contributed by atoms with Gasteiger partial charge in [-0.2, -0.15) is 0 Å². The predicted molar refractivity (Wildman–Crippen MR) is 46.9 cm³/mol. The molecule has 0 aromatic heterocycles. The first-order valence-corrected chi connectivity index (χ1v) is 3.93. The van der Waals surface area contributed by atoms with E-state index in [0.29, 0.717) is 17.2 Å². The lowest BCUT2D eigenvalue weighted by atomic mass is 10.2. The molecule has 0 saturated carbocycles. The Bertz CT molecular complexity index is 349. The highest BCUT2D eigenvalue weighted by Crippen LogP contribution is 2.38. The molecule has 1 aromatic rings. The molecule has 0 fully saturated rings. The van der Waals surface area contributed by atoms with Crippen LogP contribution in [0.2, 0.25) is 0 Å². The first-order valence-electron chi connectivity index (χ1n) is 3.93. The van der Waals surface area contributed by atoms with Gasteiger partial charge in [-0.25, -0.2) is 0 Å². The second kappa shape index (κ2) is 2.97. The SMILES string of the molecule is CC(=O)Nc1cccc2c1OCO2. The highest BCUT2D eigenvalue weighted by Gasteiger charge is 2.17. The average Bonchev–Trinajstić information content (AvgIpc) is 2.51. The van der Waals surface area contributed by atoms with Crippen molar-refractivity contribution in [2.45, 2.75) is 6.92 Å². The summed E-state index contributed by atoms with van der Waals surface area (Å²) in [5.74, 6) is 1.16. The Kier molecular flexibility index (Phi) is 1.81. The molecule has 1 N–H and O–H groups in total. The van der Waals surface area contributed by atoms with Crippen LogP contribution < -0.4 is 14.8 Å². The molecule has 2 rings (SSSR count). The van der Waals surface area contributed by atoms with E-state index in [1.807, 2.05) is 0 Å². The molecule has 0 unspecified atom stereocenters. The minimum absolute atomic E-state index is 0.121. The number of benzene rings is 1. The summed E-state index contributed by atoms with van der Waals surface area (Å²) in [6.07, 6.45) is 0. The molecule has 1 aromatic carbocycles. The molecule has 4 heteroatoms. The second-order valence-corrected chi connectivity index (χ2v) is 2.72. The summed E-state index contributed by atoms with van der Waals surface area (Å²) in [6.45, 7) is 1.67. The number of para-hydroxylation sites is 1. The van der Waals surface area contributed by atoms with Gasteiger partial charge < -0.3 is 14.8 Å². The number of hydrogen-bond acceptors (Lipinski definition) is 3. The molecule has 1 aliphatic rings. The highest BCUT2D eigenvalue weighted by atomic mass is 16.7. The summed E-state index contributed by atoms with van der Waals surface area (Å²) >= 11 is 0. The quantitative estimate of drug-likeness (QED) is 0.708. The van der Waals surface area contributed by atoms with Gasteiger partial charge in [-0.15, -0.1) is 0 Å². The van der Waals surface area contributed by atoms with Gasteiger partial charge in [0, 0.05) is 6.92 Å². The molecule has 1 heterocycles. The molecule has 0 atom stereocenters. The molecule has 4 nitrogen and oxygen atoms in total. The van der Waals surface area contributed by atoms with Gasteiger partial charge in [0.05, 0.1) is 5.69 Å². The maximum atomic E-state index is 10.8. The van der Waals surface area contributed by atoms with E-state index >= 15 is 0 Å². The first kappa shape index (κ1) is 7.91. The number of hydrogen-bond donors (Lipinski definition) is 1. The molecule has 13 heavy (non-hydrogen) atoms. The Hall–Kier alpha value is -1.71. The maximum Gasteiger partial charge on any atom is 0.231 e. The Balaban J connectivity index is 2.36. The first-order chi connectivity index (χ1) is 6.27. The minimum atomic E-state index is -0.121. The van der Waals surface area contributed by atoms with E-state index in [-0.39, 0.29) is 12.7 Å². The van der Waals surface area contributed by atoms with Crippen LogP contribution in [0.25, 0.3) is 0 Å². The van der Waals surface area contributed by atoms with Gasteiger partial charge in [0.1, 0.15) is 0 Å². The molecule has 0 bridgehead atoms. The zero-order valence-electron chi connectivity index (χ0n) is 7.16. The van der Waals surface area contributed by atoms with Crippen molar-refractivity contribution >= 4 is 11.6 Å². The fraction of sp³-hybridized carbons (Fsp3) is 0.222. The van der Waals surface area contributed by atoms with Crippen LogP contribution in [0.15, 0.2) is 18.2 Å². The van der Waals surface area contributed by atoms with E-state index in [1.54, 1.807) is 18.2 Å². The summed E-state index contributed by atoms with van der Waals surface area (Å²) in [7, 11) is 0. The third kappa shape index (κ3) is 1.42. The molecular weight excluding hydrogens is 170 g/mol. The fourth-order valence-electron chi connectivity index (χ4n) is 1.22. The monoisotopic (exact) mass is 179 g/mol. The molecular formula is C9H9NO3. The minimum Gasteiger partial charge on any atom is -0.454 e. The summed E-state index contributed by atoms with van der Waals surface area (Å²) in [4.78, 5) is 10.8. The van der Waals surface area contributed by atoms with Gasteiger partial charge in [-0.1, -0.05) is 6.07 Å². The van der Waals surface area contributed by atoms with E-state index < -0.39 is 0 Å². The molecule has 0 saturated heterocycles. The van der Waals surface area contributed by atoms with Crippen LogP contribution in [0.5, 0.6) is 11.5 Å². The topological polar surface area (TPSA) is 47.6 Å². The van der Waals surface area contributed by atoms with Gasteiger partial charge in [0.2, 0.25) is 12.7 Å². The average molecular weight is 179 g/mol. The van der Waals surface area contributed by atoms with Crippen LogP contribution in [-0.4, -0.2) is 12.7 Å². The van der Waals surface area contributed by atoms with Gasteiger partial charge in [-0.3, -0.25) is 4.79 Å². The smallest absolute Gasteiger partial charge is 0.231 e. The number of nitrogens with one attached hydrogen (secondary N) is 1. The maximum absolute atomic E-state index is 10.8. The van der Waals surface area contributed by atoms with Crippen LogP contribution in [0.1, 0.15) is 6.92 Å². The predicted octanol–water partition coefficient (Wildman–Crippen LogP) is 1.37. The lowest BCUT2D eigenvalue weighted by Gasteiger charge is -2.04. The number of rotatable bonds is 1. The van der Waals surface area contributed by atoms with E-state index in [0.717, 1.165) is 0 Å². The van der Waals surface area contributed by atoms with Gasteiger partial charge in [-0.05, 0) is 12.1 Å². The van der Waals surface area contributed by atoms with Crippen molar-refractivity contribution in [1.82, 2.24) is 0 Å². The molecule has 68 valence electrons. The van der Waals surface area contributed by atoms with Crippen molar-refractivity contribution in [1.29, 1.82) is 0 Å². The summed E-state index contributed by atoms with van der Waals surface area (Å²) < 4.78 is 10.3. The summed E-state index contributed by atoms with van der Waals surface area (Å²) in [5.41, 5.74) is 0.655. The summed E-state index contributed by atoms with van der Waals surface area (Å²) in [5, 5.41) is 2.66. The Morgan fingerprint density at radius 2 is 2.31 bits per heavy atom. The van der Waals surface area contributed by atoms with Crippen molar-refractivity contribution in [3.05, 3.63) is 18.2 Å². The Morgan fingerprint density at radius 3 is 3.08 bits per heavy atom. The number of fused-ring (bicyclic) bond motifs is 1. The third-order valence-electron chi connectivity index (χ3n) is 1.71. The van der Waals surface area contributed by atoms with Crippen LogP contribution >= 0.6 is 0 Å². The van der Waals surface area contributed by atoms with Gasteiger partial charge in [0.15, 0.2) is 11.5 Å². The third-order valence-corrected chi connectivity index (χ3v) is 1.71. The van der Waals surface area contributed by atoms with Gasteiger partial charge >= 0.3 is 0 Å². The fourth-order valence-corrected chi connectivity index (χ4v) is 1.22. The lowest BCUT2D eigenvalue weighted by molar-refractivity contribution is -0.114. The van der Waals surface area contributed by atoms with Crippen molar-refractivity contribution in [3.63, 3.8) is 0 Å². The van der Waals surface area contributed by atoms with Crippen LogP contribution in [0, 0.1) is 0 Å². The van der Waals surface area contributed by atoms with E-state index in [4.69, 9.17) is 9.47 Å².